The molecular formula is C18H25NO5. The topological polar surface area (TPSA) is 68.2 Å². The van der Waals surface area contributed by atoms with Crippen molar-refractivity contribution in [3.63, 3.8) is 0 Å². The summed E-state index contributed by atoms with van der Waals surface area (Å²) in [6.45, 7) is 2.68. The van der Waals surface area contributed by atoms with Crippen LogP contribution in [0, 0.1) is 0 Å². The average molecular weight is 335 g/mol. The van der Waals surface area contributed by atoms with Crippen LogP contribution < -0.4 is 4.74 Å². The van der Waals surface area contributed by atoms with Crippen LogP contribution >= 0.6 is 0 Å². The summed E-state index contributed by atoms with van der Waals surface area (Å²) in [5.41, 5.74) is 0.380. The lowest BCUT2D eigenvalue weighted by atomic mass is 9.73. The summed E-state index contributed by atoms with van der Waals surface area (Å²) in [5.74, 6) is 0.826. The Kier molecular flexibility index (Phi) is 5.38. The third kappa shape index (κ3) is 3.41. The number of ether oxygens (including phenoxy) is 3. The van der Waals surface area contributed by atoms with Gasteiger partial charge in [0.1, 0.15) is 5.75 Å². The number of nitrogens with zero attached hydrogens (tertiary/aromatic N) is 1. The van der Waals surface area contributed by atoms with E-state index in [1.807, 2.05) is 24.3 Å². The number of methoxy groups -OCH3 is 1. The number of rotatable bonds is 3. The largest absolute Gasteiger partial charge is 0.497 e. The van der Waals surface area contributed by atoms with E-state index in [9.17, 15) is 9.90 Å². The van der Waals surface area contributed by atoms with Crippen LogP contribution in [0.5, 0.6) is 5.75 Å². The van der Waals surface area contributed by atoms with Gasteiger partial charge in [-0.2, -0.15) is 0 Å². The molecule has 2 aliphatic heterocycles. The van der Waals surface area contributed by atoms with E-state index in [-0.39, 0.29) is 12.5 Å². The zero-order valence-corrected chi connectivity index (χ0v) is 14.1. The fourth-order valence-corrected chi connectivity index (χ4v) is 3.54. The third-order valence-electron chi connectivity index (χ3n) is 4.93. The van der Waals surface area contributed by atoms with E-state index in [2.05, 4.69) is 0 Å². The van der Waals surface area contributed by atoms with Crippen molar-refractivity contribution in [2.75, 3.05) is 46.6 Å². The molecule has 1 aromatic rings. The fraction of sp³-hybridized carbons (Fsp3) is 0.611. The molecule has 3 rings (SSSR count). The summed E-state index contributed by atoms with van der Waals surface area (Å²) >= 11 is 0. The first-order chi connectivity index (χ1) is 11.7. The maximum absolute atomic E-state index is 13.4. The maximum Gasteiger partial charge on any atom is 0.233 e. The molecule has 0 aliphatic carbocycles. The molecule has 1 unspecified atom stereocenters. The van der Waals surface area contributed by atoms with Gasteiger partial charge >= 0.3 is 0 Å². The minimum atomic E-state index is -0.635. The number of β-amino-alcohol motifs (C(OH)–C–C–N with tert-alkyl or cyclic N) is 1. The number of aliphatic hydroxyl groups is 1. The van der Waals surface area contributed by atoms with E-state index in [1.165, 1.54) is 0 Å². The molecule has 0 spiro atoms. The van der Waals surface area contributed by atoms with Gasteiger partial charge in [-0.15, -0.1) is 0 Å². The van der Waals surface area contributed by atoms with Crippen LogP contribution in [0.4, 0.5) is 0 Å². The van der Waals surface area contributed by atoms with Crippen molar-refractivity contribution in [3.8, 4) is 5.75 Å². The Morgan fingerprint density at radius 3 is 2.58 bits per heavy atom. The summed E-state index contributed by atoms with van der Waals surface area (Å²) < 4.78 is 16.1. The first-order valence-corrected chi connectivity index (χ1v) is 8.43. The Hall–Kier alpha value is -1.63. The van der Waals surface area contributed by atoms with Crippen molar-refractivity contribution < 1.29 is 24.1 Å². The van der Waals surface area contributed by atoms with Crippen LogP contribution in [0.25, 0.3) is 0 Å². The highest BCUT2D eigenvalue weighted by Crippen LogP contribution is 2.37. The van der Waals surface area contributed by atoms with Gasteiger partial charge in [0.2, 0.25) is 5.91 Å². The molecule has 1 aromatic carbocycles. The molecule has 24 heavy (non-hydrogen) atoms. The Morgan fingerprint density at radius 1 is 1.21 bits per heavy atom. The SMILES string of the molecule is COc1ccc(C2(C(=O)N3CCOCC(O)C3)CCOCC2)cc1. The van der Waals surface area contributed by atoms with Crippen LogP contribution in [0.2, 0.25) is 0 Å². The van der Waals surface area contributed by atoms with E-state index < -0.39 is 11.5 Å². The van der Waals surface area contributed by atoms with Crippen LogP contribution in [0.3, 0.4) is 0 Å². The van der Waals surface area contributed by atoms with Crippen molar-refractivity contribution in [2.24, 2.45) is 0 Å². The van der Waals surface area contributed by atoms with Gasteiger partial charge in [0.15, 0.2) is 0 Å². The first kappa shape index (κ1) is 17.2. The molecule has 1 atom stereocenters. The Labute approximate surface area is 142 Å². The molecule has 1 amide bonds. The Bertz CT molecular complexity index is 553. The second-order valence-electron chi connectivity index (χ2n) is 6.40. The highest BCUT2D eigenvalue weighted by Gasteiger charge is 2.44. The van der Waals surface area contributed by atoms with E-state index in [0.29, 0.717) is 45.8 Å². The number of aliphatic hydroxyl groups excluding tert-OH is 1. The zero-order valence-electron chi connectivity index (χ0n) is 14.1. The maximum atomic E-state index is 13.4. The molecule has 2 aliphatic rings. The van der Waals surface area contributed by atoms with Gasteiger partial charge in [-0.3, -0.25) is 4.79 Å². The summed E-state index contributed by atoms with van der Waals surface area (Å²) in [5, 5.41) is 9.97. The number of carbonyl (C=O) groups excluding carboxylic acids is 1. The normalized spacial score (nSPS) is 24.2. The molecule has 2 fully saturated rings. The highest BCUT2D eigenvalue weighted by molar-refractivity contribution is 5.88. The predicted molar refractivity (Wildman–Crippen MR) is 88.1 cm³/mol. The van der Waals surface area contributed by atoms with E-state index in [1.54, 1.807) is 12.0 Å². The molecule has 0 radical (unpaired) electrons. The molecule has 1 N–H and O–H groups in total. The molecule has 2 saturated heterocycles. The molecule has 2 heterocycles. The van der Waals surface area contributed by atoms with Gasteiger partial charge in [-0.25, -0.2) is 0 Å². The minimum absolute atomic E-state index is 0.0560. The number of hydrogen-bond donors (Lipinski definition) is 1. The molecule has 6 nitrogen and oxygen atoms in total. The summed E-state index contributed by atoms with van der Waals surface area (Å²) in [7, 11) is 1.63. The first-order valence-electron chi connectivity index (χ1n) is 8.43. The summed E-state index contributed by atoms with van der Waals surface area (Å²) in [6.07, 6.45) is 0.654. The molecule has 0 saturated carbocycles. The van der Waals surface area contributed by atoms with Gasteiger partial charge in [0.05, 0.1) is 31.8 Å². The molecule has 6 heteroatoms. The van der Waals surface area contributed by atoms with Gasteiger partial charge < -0.3 is 24.2 Å². The number of benzene rings is 1. The van der Waals surface area contributed by atoms with Gasteiger partial charge in [0.25, 0.3) is 0 Å². The third-order valence-corrected chi connectivity index (χ3v) is 4.93. The van der Waals surface area contributed by atoms with Crippen molar-refractivity contribution in [2.45, 2.75) is 24.4 Å². The van der Waals surface area contributed by atoms with Crippen molar-refractivity contribution >= 4 is 5.91 Å². The Morgan fingerprint density at radius 2 is 1.92 bits per heavy atom. The number of carbonyl (C=O) groups is 1. The summed E-state index contributed by atoms with van der Waals surface area (Å²) in [4.78, 5) is 15.1. The second-order valence-corrected chi connectivity index (χ2v) is 6.40. The van der Waals surface area contributed by atoms with Crippen LogP contribution in [-0.4, -0.2) is 68.6 Å². The standard InChI is InChI=1S/C18H25NO5/c1-22-16-4-2-14(3-5-16)18(6-9-23-10-7-18)17(21)19-8-11-24-13-15(20)12-19/h2-5,15,20H,6-13H2,1H3. The minimum Gasteiger partial charge on any atom is -0.497 e. The van der Waals surface area contributed by atoms with Gasteiger partial charge in [-0.1, -0.05) is 12.1 Å². The fourth-order valence-electron chi connectivity index (χ4n) is 3.54. The van der Waals surface area contributed by atoms with Crippen LogP contribution in [-0.2, 0) is 19.7 Å². The van der Waals surface area contributed by atoms with Crippen molar-refractivity contribution in [3.05, 3.63) is 29.8 Å². The van der Waals surface area contributed by atoms with E-state index in [4.69, 9.17) is 14.2 Å². The van der Waals surface area contributed by atoms with Gasteiger partial charge in [-0.05, 0) is 30.5 Å². The molecule has 132 valence electrons. The molecule has 0 bridgehead atoms. The number of amides is 1. The molecular weight excluding hydrogens is 310 g/mol. The van der Waals surface area contributed by atoms with Gasteiger partial charge in [0, 0.05) is 26.3 Å². The monoisotopic (exact) mass is 335 g/mol. The Balaban J connectivity index is 1.90. The van der Waals surface area contributed by atoms with E-state index >= 15 is 0 Å². The van der Waals surface area contributed by atoms with Crippen LogP contribution in [0.15, 0.2) is 24.3 Å². The highest BCUT2D eigenvalue weighted by atomic mass is 16.5. The van der Waals surface area contributed by atoms with Crippen molar-refractivity contribution in [1.82, 2.24) is 4.90 Å². The average Bonchev–Trinajstić information content (AvgIpc) is 2.86. The summed E-state index contributed by atoms with van der Waals surface area (Å²) in [6, 6.07) is 7.71. The lowest BCUT2D eigenvalue weighted by molar-refractivity contribution is -0.142. The second kappa shape index (κ2) is 7.51. The quantitative estimate of drug-likeness (QED) is 0.891. The zero-order chi connectivity index (χ0) is 17.0. The molecule has 0 aromatic heterocycles. The smallest absolute Gasteiger partial charge is 0.233 e. The predicted octanol–water partition coefficient (Wildman–Crippen LogP) is 0.963. The van der Waals surface area contributed by atoms with E-state index in [0.717, 1.165) is 11.3 Å². The van der Waals surface area contributed by atoms with Crippen molar-refractivity contribution in [1.29, 1.82) is 0 Å². The van der Waals surface area contributed by atoms with Crippen LogP contribution in [0.1, 0.15) is 18.4 Å². The lowest BCUT2D eigenvalue weighted by Crippen LogP contribution is -2.51. The number of hydrogen-bond acceptors (Lipinski definition) is 5. The lowest BCUT2D eigenvalue weighted by Gasteiger charge is -2.40.